The predicted octanol–water partition coefficient (Wildman–Crippen LogP) is 0.826. The average Bonchev–Trinajstić information content (AvgIpc) is 3.21. The largest absolute Gasteiger partial charge is 0.453 e. The Morgan fingerprint density at radius 2 is 2.00 bits per heavy atom. The summed E-state index contributed by atoms with van der Waals surface area (Å²) in [6.07, 6.45) is 1.74. The van der Waals surface area contributed by atoms with E-state index in [1.807, 2.05) is 11.9 Å². The summed E-state index contributed by atoms with van der Waals surface area (Å²) in [5, 5.41) is 0. The van der Waals surface area contributed by atoms with Gasteiger partial charge in [-0.25, -0.2) is 9.37 Å². The van der Waals surface area contributed by atoms with Crippen LogP contribution in [0.25, 0.3) is 11.3 Å². The van der Waals surface area contributed by atoms with E-state index in [1.54, 1.807) is 18.9 Å². The van der Waals surface area contributed by atoms with E-state index >= 15 is 0 Å². The van der Waals surface area contributed by atoms with Gasteiger partial charge in [-0.05, 0) is 13.0 Å². The van der Waals surface area contributed by atoms with E-state index in [-0.39, 0.29) is 40.6 Å². The summed E-state index contributed by atoms with van der Waals surface area (Å²) in [4.78, 5) is 48.0. The first-order valence-corrected chi connectivity index (χ1v) is 10.1. The molecule has 1 aliphatic heterocycles. The molecular formula is C21H24FN5O4. The van der Waals surface area contributed by atoms with E-state index in [0.717, 1.165) is 6.20 Å². The lowest BCUT2D eigenvalue weighted by Crippen LogP contribution is -2.42. The first-order valence-electron chi connectivity index (χ1n) is 10.1. The van der Waals surface area contributed by atoms with Gasteiger partial charge in [-0.1, -0.05) is 0 Å². The third kappa shape index (κ3) is 3.77. The molecule has 3 heterocycles. The summed E-state index contributed by atoms with van der Waals surface area (Å²) in [5.74, 6) is -0.335. The number of nitrogens with zero attached hydrogens (tertiary/aromatic N) is 5. The number of carbonyl (C=O) groups is 2. The minimum Gasteiger partial charge on any atom is -0.453 e. The number of hydrogen-bond acceptors (Lipinski definition) is 7. The molecule has 164 valence electrons. The SMILES string of the molecule is CC(=O)O[C@@H](C)C(=O)N1C[C@@H]2C(N(C)c3nc(-c4ccncc4F)cc(=O)n3C)[C@@H]2C1. The molecule has 2 aromatic heterocycles. The Labute approximate surface area is 178 Å². The van der Waals surface area contributed by atoms with E-state index < -0.39 is 17.9 Å². The number of amides is 1. The number of ether oxygens (including phenoxy) is 1. The lowest BCUT2D eigenvalue weighted by molar-refractivity contribution is -0.157. The maximum Gasteiger partial charge on any atom is 0.303 e. The average molecular weight is 429 g/mol. The fraction of sp³-hybridized carbons (Fsp3) is 0.476. The van der Waals surface area contributed by atoms with Crippen LogP contribution in [0, 0.1) is 17.7 Å². The van der Waals surface area contributed by atoms with Gasteiger partial charge in [-0.2, -0.15) is 0 Å². The normalized spacial score (nSPS) is 22.6. The minimum absolute atomic E-state index is 0.115. The van der Waals surface area contributed by atoms with Crippen molar-refractivity contribution in [1.29, 1.82) is 0 Å². The number of hydrogen-bond donors (Lipinski definition) is 0. The molecule has 1 unspecified atom stereocenters. The van der Waals surface area contributed by atoms with Crippen LogP contribution in [0.1, 0.15) is 13.8 Å². The summed E-state index contributed by atoms with van der Waals surface area (Å²) >= 11 is 0. The number of carbonyl (C=O) groups excluding carboxylic acids is 2. The Bertz CT molecular complexity index is 1090. The number of halogens is 1. The fourth-order valence-corrected chi connectivity index (χ4v) is 4.50. The predicted molar refractivity (Wildman–Crippen MR) is 110 cm³/mol. The molecule has 31 heavy (non-hydrogen) atoms. The number of esters is 1. The third-order valence-corrected chi connectivity index (χ3v) is 6.07. The van der Waals surface area contributed by atoms with Gasteiger partial charge < -0.3 is 14.5 Å². The zero-order valence-electron chi connectivity index (χ0n) is 17.8. The van der Waals surface area contributed by atoms with Gasteiger partial charge in [0.1, 0.15) is 0 Å². The molecule has 9 nitrogen and oxygen atoms in total. The zero-order valence-corrected chi connectivity index (χ0v) is 17.8. The third-order valence-electron chi connectivity index (χ3n) is 6.07. The standard InChI is InChI=1S/C21H24FN5O4/c1-11(31-12(2)28)20(30)27-9-14-15(10-27)19(14)26(4)21-24-17(7-18(29)25(21)3)13-5-6-23-8-16(13)22/h5-8,11,14-15,19H,9-10H2,1-4H3/t11-,14-,15+,19?/m0/s1. The number of pyridine rings is 1. The molecule has 4 rings (SSSR count). The summed E-state index contributed by atoms with van der Waals surface area (Å²) in [7, 11) is 3.48. The Morgan fingerprint density at radius 1 is 1.32 bits per heavy atom. The smallest absolute Gasteiger partial charge is 0.303 e. The lowest BCUT2D eigenvalue weighted by Gasteiger charge is -2.27. The van der Waals surface area contributed by atoms with Gasteiger partial charge in [0.05, 0.1) is 11.9 Å². The number of fused-ring (bicyclic) bond motifs is 1. The quantitative estimate of drug-likeness (QED) is 0.650. The van der Waals surface area contributed by atoms with Gasteiger partial charge in [-0.3, -0.25) is 23.9 Å². The Balaban J connectivity index is 1.51. The molecule has 0 spiro atoms. The molecule has 0 aromatic carbocycles. The van der Waals surface area contributed by atoms with Crippen LogP contribution in [0.15, 0.2) is 29.3 Å². The van der Waals surface area contributed by atoms with Gasteiger partial charge in [-0.15, -0.1) is 0 Å². The van der Waals surface area contributed by atoms with E-state index in [1.165, 1.54) is 29.8 Å². The number of likely N-dealkylation sites (tertiary alicyclic amines) is 1. The van der Waals surface area contributed by atoms with E-state index in [2.05, 4.69) is 9.97 Å². The molecular weight excluding hydrogens is 405 g/mol. The Hall–Kier alpha value is -3.30. The minimum atomic E-state index is -0.805. The molecule has 1 amide bonds. The van der Waals surface area contributed by atoms with Crippen molar-refractivity contribution in [2.24, 2.45) is 18.9 Å². The molecule has 1 saturated heterocycles. The highest BCUT2D eigenvalue weighted by Gasteiger charge is 2.59. The van der Waals surface area contributed by atoms with Crippen LogP contribution in [-0.4, -0.2) is 63.6 Å². The van der Waals surface area contributed by atoms with Gasteiger partial charge in [0.2, 0.25) is 5.95 Å². The first kappa shape index (κ1) is 21.0. The number of rotatable bonds is 5. The molecule has 2 fully saturated rings. The van der Waals surface area contributed by atoms with Crippen LogP contribution in [0.2, 0.25) is 0 Å². The number of anilines is 1. The van der Waals surface area contributed by atoms with Crippen molar-refractivity contribution < 1.29 is 18.7 Å². The van der Waals surface area contributed by atoms with Crippen molar-refractivity contribution >= 4 is 17.8 Å². The van der Waals surface area contributed by atoms with Crippen LogP contribution in [0.3, 0.4) is 0 Å². The van der Waals surface area contributed by atoms with Gasteiger partial charge in [0, 0.05) is 69.8 Å². The number of aromatic nitrogens is 3. The molecule has 0 bridgehead atoms. The molecule has 1 saturated carbocycles. The zero-order chi connectivity index (χ0) is 22.4. The molecule has 2 aliphatic rings. The molecule has 10 heteroatoms. The molecule has 4 atom stereocenters. The van der Waals surface area contributed by atoms with Crippen LogP contribution in [0.4, 0.5) is 10.3 Å². The highest BCUT2D eigenvalue weighted by molar-refractivity contribution is 5.83. The van der Waals surface area contributed by atoms with Crippen molar-refractivity contribution in [2.75, 3.05) is 25.0 Å². The second-order valence-corrected chi connectivity index (χ2v) is 8.12. The van der Waals surface area contributed by atoms with E-state index in [0.29, 0.717) is 19.0 Å². The van der Waals surface area contributed by atoms with Crippen molar-refractivity contribution in [1.82, 2.24) is 19.4 Å². The summed E-state index contributed by atoms with van der Waals surface area (Å²) < 4.78 is 20.6. The summed E-state index contributed by atoms with van der Waals surface area (Å²) in [6.45, 7) is 3.95. The monoisotopic (exact) mass is 429 g/mol. The van der Waals surface area contributed by atoms with Gasteiger partial charge >= 0.3 is 5.97 Å². The van der Waals surface area contributed by atoms with Gasteiger partial charge in [0.15, 0.2) is 11.9 Å². The summed E-state index contributed by atoms with van der Waals surface area (Å²) in [5.41, 5.74) is 0.179. The van der Waals surface area contributed by atoms with Crippen molar-refractivity contribution in [3.63, 3.8) is 0 Å². The second-order valence-electron chi connectivity index (χ2n) is 8.12. The van der Waals surface area contributed by atoms with Crippen LogP contribution < -0.4 is 10.5 Å². The molecule has 0 radical (unpaired) electrons. The van der Waals surface area contributed by atoms with Gasteiger partial charge in [0.25, 0.3) is 11.5 Å². The van der Waals surface area contributed by atoms with Crippen molar-refractivity contribution in [3.05, 3.63) is 40.7 Å². The van der Waals surface area contributed by atoms with E-state index in [9.17, 15) is 18.8 Å². The Morgan fingerprint density at radius 3 is 2.61 bits per heavy atom. The first-order chi connectivity index (χ1) is 14.7. The van der Waals surface area contributed by atoms with Crippen LogP contribution >= 0.6 is 0 Å². The maximum atomic E-state index is 14.2. The van der Waals surface area contributed by atoms with Crippen LogP contribution in [0.5, 0.6) is 0 Å². The highest BCUT2D eigenvalue weighted by Crippen LogP contribution is 2.49. The van der Waals surface area contributed by atoms with Crippen LogP contribution in [-0.2, 0) is 21.4 Å². The number of piperidine rings is 1. The topological polar surface area (TPSA) is 97.6 Å². The van der Waals surface area contributed by atoms with Crippen molar-refractivity contribution in [3.8, 4) is 11.3 Å². The molecule has 0 N–H and O–H groups in total. The highest BCUT2D eigenvalue weighted by atomic mass is 19.1. The second kappa shape index (κ2) is 7.75. The Kier molecular flexibility index (Phi) is 5.24. The molecule has 2 aromatic rings. The molecule has 1 aliphatic carbocycles. The van der Waals surface area contributed by atoms with Crippen molar-refractivity contribution in [2.45, 2.75) is 26.0 Å². The maximum absolute atomic E-state index is 14.2. The van der Waals surface area contributed by atoms with E-state index in [4.69, 9.17) is 4.74 Å². The lowest BCUT2D eigenvalue weighted by atomic mass is 10.2. The fourth-order valence-electron chi connectivity index (χ4n) is 4.50. The summed E-state index contributed by atoms with van der Waals surface area (Å²) in [6, 6.07) is 2.91.